The SMILES string of the molecule is c1ccc(-c2ccc(-c3ccc(C(c4ccc(-c5cccc6ccccc56)cc4)c4cccc(-c5ccc(-c6ccc7oc8ccccc8c7c6)cc5)c4)cc3)cc2)cc1. The van der Waals surface area contributed by atoms with E-state index in [2.05, 4.69) is 224 Å². The second kappa shape index (κ2) is 15.2. The molecule has 11 rings (SSSR count). The standard InChI is InChI=1S/C59H40O/c1-2-10-40(11-3-1)41-20-22-42(23-21-41)43-28-32-48(33-29-43)59(49-34-30-47(31-35-49)54-18-9-13-46-12-4-5-16-53(46)54)52-15-8-14-50(38-52)44-24-26-45(27-25-44)51-36-37-58-56(39-51)55-17-6-7-19-57(55)60-58/h1-39,59H. The molecule has 0 radical (unpaired) electrons. The highest BCUT2D eigenvalue weighted by atomic mass is 16.3. The van der Waals surface area contributed by atoms with Crippen LogP contribution in [0.3, 0.4) is 0 Å². The van der Waals surface area contributed by atoms with Gasteiger partial charge in [0.05, 0.1) is 0 Å². The molecule has 11 aromatic rings. The van der Waals surface area contributed by atoms with Gasteiger partial charge in [-0.15, -0.1) is 0 Å². The van der Waals surface area contributed by atoms with Crippen LogP contribution in [0.25, 0.3) is 88.3 Å². The van der Waals surface area contributed by atoms with Crippen molar-refractivity contribution < 1.29 is 4.42 Å². The smallest absolute Gasteiger partial charge is 0.135 e. The summed E-state index contributed by atoms with van der Waals surface area (Å²) in [5.74, 6) is 0.0387. The summed E-state index contributed by atoms with van der Waals surface area (Å²) in [5, 5.41) is 4.81. The van der Waals surface area contributed by atoms with Gasteiger partial charge in [-0.2, -0.15) is 0 Å². The molecule has 60 heavy (non-hydrogen) atoms. The van der Waals surface area contributed by atoms with E-state index in [4.69, 9.17) is 4.42 Å². The second-order valence-corrected chi connectivity index (χ2v) is 15.7. The van der Waals surface area contributed by atoms with E-state index >= 15 is 0 Å². The van der Waals surface area contributed by atoms with Crippen molar-refractivity contribution in [3.63, 3.8) is 0 Å². The molecule has 0 aliphatic rings. The molecule has 0 bridgehead atoms. The Morgan fingerprint density at radius 3 is 1.38 bits per heavy atom. The summed E-state index contributed by atoms with van der Waals surface area (Å²) in [5.41, 5.74) is 17.7. The number of para-hydroxylation sites is 1. The van der Waals surface area contributed by atoms with Crippen LogP contribution in [0.1, 0.15) is 22.6 Å². The zero-order valence-electron chi connectivity index (χ0n) is 33.0. The molecule has 1 aromatic heterocycles. The van der Waals surface area contributed by atoms with Crippen LogP contribution >= 0.6 is 0 Å². The highest BCUT2D eigenvalue weighted by molar-refractivity contribution is 6.06. The number of hydrogen-bond donors (Lipinski definition) is 0. The van der Waals surface area contributed by atoms with Crippen molar-refractivity contribution in [1.29, 1.82) is 0 Å². The number of furan rings is 1. The molecule has 1 heterocycles. The summed E-state index contributed by atoms with van der Waals surface area (Å²) in [4.78, 5) is 0. The third-order valence-corrected chi connectivity index (χ3v) is 12.1. The number of benzene rings is 10. The largest absolute Gasteiger partial charge is 0.456 e. The van der Waals surface area contributed by atoms with Gasteiger partial charge in [0.15, 0.2) is 0 Å². The van der Waals surface area contributed by atoms with Crippen LogP contribution in [0.4, 0.5) is 0 Å². The number of hydrogen-bond acceptors (Lipinski definition) is 1. The molecule has 0 saturated carbocycles. The van der Waals surface area contributed by atoms with Crippen LogP contribution in [-0.2, 0) is 0 Å². The lowest BCUT2D eigenvalue weighted by molar-refractivity contribution is 0.669. The Labute approximate surface area is 350 Å². The Kier molecular flexibility index (Phi) is 8.98. The fourth-order valence-corrected chi connectivity index (χ4v) is 8.92. The van der Waals surface area contributed by atoms with Crippen molar-refractivity contribution >= 4 is 32.7 Å². The van der Waals surface area contributed by atoms with Crippen LogP contribution in [0.15, 0.2) is 241 Å². The Morgan fingerprint density at radius 2 is 0.700 bits per heavy atom. The maximum absolute atomic E-state index is 6.10. The predicted octanol–water partition coefficient (Wildman–Crippen LogP) is 16.3. The van der Waals surface area contributed by atoms with Gasteiger partial charge in [0.1, 0.15) is 11.2 Å². The number of fused-ring (bicyclic) bond motifs is 4. The molecule has 10 aromatic carbocycles. The van der Waals surface area contributed by atoms with Crippen LogP contribution in [-0.4, -0.2) is 0 Å². The molecule has 0 amide bonds. The zero-order valence-corrected chi connectivity index (χ0v) is 33.0. The van der Waals surface area contributed by atoms with Crippen molar-refractivity contribution in [2.45, 2.75) is 5.92 Å². The fraction of sp³-hybridized carbons (Fsp3) is 0.0169. The summed E-state index contributed by atoms with van der Waals surface area (Å²) in [6, 6.07) is 85.9. The van der Waals surface area contributed by atoms with Crippen LogP contribution in [0, 0.1) is 0 Å². The van der Waals surface area contributed by atoms with E-state index in [-0.39, 0.29) is 5.92 Å². The molecule has 1 heteroatoms. The zero-order chi connectivity index (χ0) is 39.8. The highest BCUT2D eigenvalue weighted by Crippen LogP contribution is 2.38. The van der Waals surface area contributed by atoms with Crippen molar-refractivity contribution in [2.24, 2.45) is 0 Å². The van der Waals surface area contributed by atoms with E-state index in [1.807, 2.05) is 12.1 Å². The third-order valence-electron chi connectivity index (χ3n) is 12.1. The molecule has 0 spiro atoms. The van der Waals surface area contributed by atoms with Gasteiger partial charge in [0.25, 0.3) is 0 Å². The fourth-order valence-electron chi connectivity index (χ4n) is 8.92. The van der Waals surface area contributed by atoms with Crippen LogP contribution in [0.2, 0.25) is 0 Å². The molecule has 0 saturated heterocycles. The van der Waals surface area contributed by atoms with Gasteiger partial charge in [-0.3, -0.25) is 0 Å². The van der Waals surface area contributed by atoms with Gasteiger partial charge in [-0.05, 0) is 101 Å². The predicted molar refractivity (Wildman–Crippen MR) is 252 cm³/mol. The van der Waals surface area contributed by atoms with Gasteiger partial charge in [-0.25, -0.2) is 0 Å². The average molecular weight is 765 g/mol. The lowest BCUT2D eigenvalue weighted by atomic mass is 9.83. The van der Waals surface area contributed by atoms with E-state index in [1.165, 1.54) is 83.1 Å². The second-order valence-electron chi connectivity index (χ2n) is 15.7. The molecule has 1 atom stereocenters. The molecular formula is C59H40O. The van der Waals surface area contributed by atoms with Crippen molar-refractivity contribution in [2.75, 3.05) is 0 Å². The maximum atomic E-state index is 6.10. The van der Waals surface area contributed by atoms with E-state index in [0.29, 0.717) is 0 Å². The van der Waals surface area contributed by atoms with Crippen LogP contribution < -0.4 is 0 Å². The topological polar surface area (TPSA) is 13.1 Å². The third kappa shape index (κ3) is 6.67. The van der Waals surface area contributed by atoms with Gasteiger partial charge < -0.3 is 4.42 Å². The lowest BCUT2D eigenvalue weighted by Gasteiger charge is -2.21. The van der Waals surface area contributed by atoms with Gasteiger partial charge >= 0.3 is 0 Å². The van der Waals surface area contributed by atoms with Crippen molar-refractivity contribution in [3.8, 4) is 55.6 Å². The molecule has 1 unspecified atom stereocenters. The highest BCUT2D eigenvalue weighted by Gasteiger charge is 2.19. The minimum absolute atomic E-state index is 0.0387. The monoisotopic (exact) mass is 764 g/mol. The Bertz CT molecular complexity index is 3260. The first kappa shape index (κ1) is 35.4. The van der Waals surface area contributed by atoms with E-state index in [1.54, 1.807) is 0 Å². The van der Waals surface area contributed by atoms with Gasteiger partial charge in [0.2, 0.25) is 0 Å². The normalized spacial score (nSPS) is 11.9. The average Bonchev–Trinajstić information content (AvgIpc) is 3.71. The molecule has 0 fully saturated rings. The van der Waals surface area contributed by atoms with Crippen molar-refractivity contribution in [1.82, 2.24) is 0 Å². The summed E-state index contributed by atoms with van der Waals surface area (Å²) >= 11 is 0. The molecule has 0 N–H and O–H groups in total. The van der Waals surface area contributed by atoms with E-state index in [0.717, 1.165) is 21.9 Å². The van der Waals surface area contributed by atoms with Crippen LogP contribution in [0.5, 0.6) is 0 Å². The molecular weight excluding hydrogens is 725 g/mol. The summed E-state index contributed by atoms with van der Waals surface area (Å²) in [6.07, 6.45) is 0. The quantitative estimate of drug-likeness (QED) is 0.140. The Hall–Kier alpha value is -7.74. The number of rotatable bonds is 8. The summed E-state index contributed by atoms with van der Waals surface area (Å²) in [6.45, 7) is 0. The van der Waals surface area contributed by atoms with E-state index < -0.39 is 0 Å². The molecule has 282 valence electrons. The van der Waals surface area contributed by atoms with E-state index in [9.17, 15) is 0 Å². The molecule has 0 aliphatic heterocycles. The Morgan fingerprint density at radius 1 is 0.250 bits per heavy atom. The first-order valence-electron chi connectivity index (χ1n) is 20.7. The summed E-state index contributed by atoms with van der Waals surface area (Å²) in [7, 11) is 0. The van der Waals surface area contributed by atoms with Crippen molar-refractivity contribution in [3.05, 3.63) is 253 Å². The minimum Gasteiger partial charge on any atom is -0.456 e. The summed E-state index contributed by atoms with van der Waals surface area (Å²) < 4.78 is 6.10. The lowest BCUT2D eigenvalue weighted by Crippen LogP contribution is -2.04. The minimum atomic E-state index is 0.0387. The molecule has 1 nitrogen and oxygen atoms in total. The van der Waals surface area contributed by atoms with Gasteiger partial charge in [-0.1, -0.05) is 218 Å². The van der Waals surface area contributed by atoms with Gasteiger partial charge in [0, 0.05) is 16.7 Å². The Balaban J connectivity index is 0.939. The first-order valence-corrected chi connectivity index (χ1v) is 20.7. The maximum Gasteiger partial charge on any atom is 0.135 e. The molecule has 0 aliphatic carbocycles. The first-order chi connectivity index (χ1) is 29.7.